The first-order chi connectivity index (χ1) is 9.10. The highest BCUT2D eigenvalue weighted by molar-refractivity contribution is 5.76. The molecule has 0 heterocycles. The number of carbonyl (C=O) groups is 1. The fourth-order valence-electron chi connectivity index (χ4n) is 2.29. The lowest BCUT2D eigenvalue weighted by Crippen LogP contribution is -2.45. The molecule has 2 rings (SSSR count). The number of ether oxygens (including phenoxy) is 1. The van der Waals surface area contributed by atoms with Gasteiger partial charge in [0, 0.05) is 6.04 Å². The fraction of sp³-hybridized carbons (Fsp3) is 0.533. The summed E-state index contributed by atoms with van der Waals surface area (Å²) < 4.78 is 17.7. The maximum Gasteiger partial charge on any atom is 0.323 e. The van der Waals surface area contributed by atoms with Gasteiger partial charge in [-0.1, -0.05) is 12.1 Å². The molecule has 1 N–H and O–H groups in total. The lowest BCUT2D eigenvalue weighted by molar-refractivity contribution is -0.143. The van der Waals surface area contributed by atoms with Crippen LogP contribution in [0.25, 0.3) is 0 Å². The first-order valence-corrected chi connectivity index (χ1v) is 6.68. The summed E-state index contributed by atoms with van der Waals surface area (Å²) in [7, 11) is 1.42. The van der Waals surface area contributed by atoms with E-state index in [9.17, 15) is 9.18 Å². The molecule has 0 saturated heterocycles. The van der Waals surface area contributed by atoms with Crippen molar-refractivity contribution in [2.45, 2.75) is 38.3 Å². The summed E-state index contributed by atoms with van der Waals surface area (Å²) in [5.41, 5.74) is 1.06. The van der Waals surface area contributed by atoms with Crippen LogP contribution in [0.4, 0.5) is 4.39 Å². The maximum atomic E-state index is 12.8. The van der Waals surface area contributed by atoms with Gasteiger partial charge in [0.2, 0.25) is 0 Å². The van der Waals surface area contributed by atoms with Crippen LogP contribution in [-0.2, 0) is 16.0 Å². The number of esters is 1. The predicted molar refractivity (Wildman–Crippen MR) is 71.2 cm³/mol. The van der Waals surface area contributed by atoms with Crippen molar-refractivity contribution in [3.05, 3.63) is 35.6 Å². The van der Waals surface area contributed by atoms with Gasteiger partial charge in [-0.05, 0) is 49.8 Å². The monoisotopic (exact) mass is 265 g/mol. The van der Waals surface area contributed by atoms with Crippen molar-refractivity contribution in [1.82, 2.24) is 5.32 Å². The van der Waals surface area contributed by atoms with Crippen molar-refractivity contribution in [1.29, 1.82) is 0 Å². The Hall–Kier alpha value is -1.42. The van der Waals surface area contributed by atoms with E-state index < -0.39 is 0 Å². The quantitative estimate of drug-likeness (QED) is 0.802. The zero-order chi connectivity index (χ0) is 13.8. The molecule has 2 atom stereocenters. The normalized spacial score (nSPS) is 17.8. The number of methoxy groups -OCH3 is 1. The van der Waals surface area contributed by atoms with Crippen LogP contribution in [-0.4, -0.2) is 25.2 Å². The summed E-state index contributed by atoms with van der Waals surface area (Å²) in [5, 5.41) is 3.32. The number of nitrogens with one attached hydrogen (secondary N) is 1. The first kappa shape index (κ1) is 14.0. The van der Waals surface area contributed by atoms with Crippen molar-refractivity contribution in [3.8, 4) is 0 Å². The van der Waals surface area contributed by atoms with Crippen molar-refractivity contribution in [2.24, 2.45) is 5.92 Å². The molecule has 1 aliphatic rings. The SMILES string of the molecule is COC(=O)C(NC(C)Cc1ccc(F)cc1)C1CC1. The predicted octanol–water partition coefficient (Wildman–Crippen LogP) is 2.30. The molecular weight excluding hydrogens is 245 g/mol. The molecule has 3 nitrogen and oxygen atoms in total. The van der Waals surface area contributed by atoms with E-state index in [0.29, 0.717) is 5.92 Å². The van der Waals surface area contributed by atoms with Crippen molar-refractivity contribution < 1.29 is 13.9 Å². The summed E-state index contributed by atoms with van der Waals surface area (Å²) in [5.74, 6) is -0.00801. The average molecular weight is 265 g/mol. The van der Waals surface area contributed by atoms with Crippen LogP contribution in [0.1, 0.15) is 25.3 Å². The molecule has 0 radical (unpaired) electrons. The van der Waals surface area contributed by atoms with E-state index >= 15 is 0 Å². The maximum absolute atomic E-state index is 12.8. The number of halogens is 1. The van der Waals surface area contributed by atoms with Crippen molar-refractivity contribution in [3.63, 3.8) is 0 Å². The third-order valence-electron chi connectivity index (χ3n) is 3.47. The minimum atomic E-state index is -0.227. The van der Waals surface area contributed by atoms with E-state index in [4.69, 9.17) is 4.74 Å². The zero-order valence-electron chi connectivity index (χ0n) is 11.4. The number of rotatable bonds is 6. The molecule has 0 spiro atoms. The van der Waals surface area contributed by atoms with Crippen LogP contribution >= 0.6 is 0 Å². The van der Waals surface area contributed by atoms with E-state index in [1.165, 1.54) is 19.2 Å². The first-order valence-electron chi connectivity index (χ1n) is 6.68. The van der Waals surface area contributed by atoms with Gasteiger partial charge in [-0.15, -0.1) is 0 Å². The molecule has 2 unspecified atom stereocenters. The van der Waals surface area contributed by atoms with E-state index in [1.54, 1.807) is 12.1 Å². The Morgan fingerprint density at radius 3 is 2.58 bits per heavy atom. The summed E-state index contributed by atoms with van der Waals surface area (Å²) in [6, 6.07) is 6.41. The minimum absolute atomic E-state index is 0.148. The Morgan fingerprint density at radius 2 is 2.05 bits per heavy atom. The highest BCUT2D eigenvalue weighted by atomic mass is 19.1. The Bertz CT molecular complexity index is 428. The smallest absolute Gasteiger partial charge is 0.323 e. The molecule has 1 saturated carbocycles. The van der Waals surface area contributed by atoms with E-state index in [2.05, 4.69) is 5.32 Å². The molecule has 0 aromatic heterocycles. The van der Waals surface area contributed by atoms with Crippen LogP contribution in [0.3, 0.4) is 0 Å². The lowest BCUT2D eigenvalue weighted by Gasteiger charge is -2.21. The second-order valence-electron chi connectivity index (χ2n) is 5.24. The van der Waals surface area contributed by atoms with Crippen LogP contribution in [0, 0.1) is 11.7 Å². The molecular formula is C15H20FNO2. The van der Waals surface area contributed by atoms with Gasteiger partial charge in [-0.25, -0.2) is 4.39 Å². The topological polar surface area (TPSA) is 38.3 Å². The van der Waals surface area contributed by atoms with E-state index in [1.807, 2.05) is 6.92 Å². The Kier molecular flexibility index (Phi) is 4.53. The van der Waals surface area contributed by atoms with Gasteiger partial charge >= 0.3 is 5.97 Å². The number of hydrogen-bond donors (Lipinski definition) is 1. The number of benzene rings is 1. The molecule has 0 amide bonds. The van der Waals surface area contributed by atoms with Crippen LogP contribution in [0.5, 0.6) is 0 Å². The Labute approximate surface area is 113 Å². The lowest BCUT2D eigenvalue weighted by atomic mass is 10.1. The highest BCUT2D eigenvalue weighted by Gasteiger charge is 2.37. The van der Waals surface area contributed by atoms with Crippen LogP contribution in [0.15, 0.2) is 24.3 Å². The van der Waals surface area contributed by atoms with Gasteiger partial charge in [0.05, 0.1) is 7.11 Å². The van der Waals surface area contributed by atoms with Crippen molar-refractivity contribution in [2.75, 3.05) is 7.11 Å². The highest BCUT2D eigenvalue weighted by Crippen LogP contribution is 2.33. The van der Waals surface area contributed by atoms with Gasteiger partial charge in [0.15, 0.2) is 0 Å². The molecule has 1 aromatic rings. The fourth-order valence-corrected chi connectivity index (χ4v) is 2.29. The number of carbonyl (C=O) groups excluding carboxylic acids is 1. The van der Waals surface area contributed by atoms with Gasteiger partial charge in [0.25, 0.3) is 0 Å². The zero-order valence-corrected chi connectivity index (χ0v) is 11.4. The minimum Gasteiger partial charge on any atom is -0.468 e. The second kappa shape index (κ2) is 6.15. The molecule has 1 aromatic carbocycles. The summed E-state index contributed by atoms with van der Waals surface area (Å²) in [4.78, 5) is 11.7. The second-order valence-corrected chi connectivity index (χ2v) is 5.24. The summed E-state index contributed by atoms with van der Waals surface area (Å²) in [6.45, 7) is 2.03. The van der Waals surface area contributed by atoms with Gasteiger partial charge in [-0.3, -0.25) is 4.79 Å². The Balaban J connectivity index is 1.90. The third kappa shape index (κ3) is 4.03. The average Bonchev–Trinajstić information content (AvgIpc) is 3.22. The summed E-state index contributed by atoms with van der Waals surface area (Å²) in [6.07, 6.45) is 2.92. The Morgan fingerprint density at radius 1 is 1.42 bits per heavy atom. The largest absolute Gasteiger partial charge is 0.468 e. The van der Waals surface area contributed by atoms with Crippen LogP contribution in [0.2, 0.25) is 0 Å². The molecule has 104 valence electrons. The standard InChI is InChI=1S/C15H20FNO2/c1-10(9-11-3-7-13(16)8-4-11)17-14(12-5-6-12)15(18)19-2/h3-4,7-8,10,12,14,17H,5-6,9H2,1-2H3. The molecule has 0 aliphatic heterocycles. The third-order valence-corrected chi connectivity index (χ3v) is 3.47. The van der Waals surface area contributed by atoms with Crippen LogP contribution < -0.4 is 5.32 Å². The number of hydrogen-bond acceptors (Lipinski definition) is 3. The van der Waals surface area contributed by atoms with E-state index in [-0.39, 0.29) is 23.9 Å². The molecule has 19 heavy (non-hydrogen) atoms. The summed E-state index contributed by atoms with van der Waals surface area (Å²) >= 11 is 0. The molecule has 1 aliphatic carbocycles. The van der Waals surface area contributed by atoms with Gasteiger partial charge in [-0.2, -0.15) is 0 Å². The van der Waals surface area contributed by atoms with Gasteiger partial charge < -0.3 is 10.1 Å². The molecule has 1 fully saturated rings. The van der Waals surface area contributed by atoms with Gasteiger partial charge in [0.1, 0.15) is 11.9 Å². The van der Waals surface area contributed by atoms with E-state index in [0.717, 1.165) is 24.8 Å². The van der Waals surface area contributed by atoms with Crippen molar-refractivity contribution >= 4 is 5.97 Å². The molecule has 0 bridgehead atoms. The molecule has 4 heteroatoms.